The standard InChI is InChI=1S/C15H19N3O2S/c1-20-6-4-12-7-17-5-2-3-13(17)9-18(8-12)15(19)14-10-21-11-16-14/h2-3,5,10-12H,4,6-9H2,1H3/t12-/m0/s1. The summed E-state index contributed by atoms with van der Waals surface area (Å²) in [6, 6.07) is 4.12. The average Bonchev–Trinajstić information content (AvgIpc) is 3.13. The summed E-state index contributed by atoms with van der Waals surface area (Å²) >= 11 is 1.46. The van der Waals surface area contributed by atoms with Gasteiger partial charge < -0.3 is 14.2 Å². The molecule has 0 saturated heterocycles. The molecule has 112 valence electrons. The van der Waals surface area contributed by atoms with Crippen LogP contribution in [0.1, 0.15) is 22.6 Å². The molecule has 1 atom stereocenters. The molecule has 3 rings (SSSR count). The van der Waals surface area contributed by atoms with Crippen LogP contribution in [0.25, 0.3) is 0 Å². The number of fused-ring (bicyclic) bond motifs is 1. The maximum Gasteiger partial charge on any atom is 0.273 e. The first-order valence-corrected chi connectivity index (χ1v) is 8.02. The van der Waals surface area contributed by atoms with E-state index in [-0.39, 0.29) is 5.91 Å². The molecule has 0 spiro atoms. The minimum Gasteiger partial charge on any atom is -0.385 e. The van der Waals surface area contributed by atoms with Crippen LogP contribution in [0.5, 0.6) is 0 Å². The Hall–Kier alpha value is -1.66. The molecule has 1 amide bonds. The van der Waals surface area contributed by atoms with E-state index in [0.717, 1.165) is 26.1 Å². The first-order valence-electron chi connectivity index (χ1n) is 7.08. The number of carbonyl (C=O) groups is 1. The number of hydrogen-bond donors (Lipinski definition) is 0. The van der Waals surface area contributed by atoms with Crippen molar-refractivity contribution in [3.63, 3.8) is 0 Å². The fraction of sp³-hybridized carbons (Fsp3) is 0.467. The molecular formula is C15H19N3O2S. The number of methoxy groups -OCH3 is 1. The third kappa shape index (κ3) is 3.16. The number of rotatable bonds is 4. The molecule has 1 aliphatic heterocycles. The normalized spacial score (nSPS) is 18.3. The third-order valence-corrected chi connectivity index (χ3v) is 4.47. The number of aromatic nitrogens is 2. The van der Waals surface area contributed by atoms with Gasteiger partial charge in [0.25, 0.3) is 5.91 Å². The summed E-state index contributed by atoms with van der Waals surface area (Å²) in [6.45, 7) is 3.06. The van der Waals surface area contributed by atoms with Crippen molar-refractivity contribution in [2.45, 2.75) is 19.5 Å². The molecule has 0 N–H and O–H groups in total. The van der Waals surface area contributed by atoms with E-state index in [2.05, 4.69) is 21.8 Å². The molecule has 2 aromatic heterocycles. The fourth-order valence-corrected chi connectivity index (χ4v) is 3.31. The Labute approximate surface area is 128 Å². The topological polar surface area (TPSA) is 47.4 Å². The van der Waals surface area contributed by atoms with Gasteiger partial charge in [-0.25, -0.2) is 4.98 Å². The molecule has 3 heterocycles. The minimum absolute atomic E-state index is 0.0216. The first kappa shape index (κ1) is 14.3. The quantitative estimate of drug-likeness (QED) is 0.870. The molecule has 0 radical (unpaired) electrons. The van der Waals surface area contributed by atoms with E-state index in [0.29, 0.717) is 18.2 Å². The molecule has 2 aromatic rings. The van der Waals surface area contributed by atoms with Gasteiger partial charge in [-0.1, -0.05) is 0 Å². The van der Waals surface area contributed by atoms with Crippen LogP contribution in [0.3, 0.4) is 0 Å². The Kier molecular flexibility index (Phi) is 4.36. The highest BCUT2D eigenvalue weighted by Gasteiger charge is 2.26. The second kappa shape index (κ2) is 6.41. The van der Waals surface area contributed by atoms with Crippen molar-refractivity contribution in [3.05, 3.63) is 40.6 Å². The number of nitrogens with zero attached hydrogens (tertiary/aromatic N) is 3. The summed E-state index contributed by atoms with van der Waals surface area (Å²) in [5.74, 6) is 0.425. The van der Waals surface area contributed by atoms with Gasteiger partial charge in [-0.05, 0) is 24.5 Å². The predicted octanol–water partition coefficient (Wildman–Crippen LogP) is 2.25. The second-order valence-corrected chi connectivity index (χ2v) is 6.08. The van der Waals surface area contributed by atoms with E-state index in [4.69, 9.17) is 4.74 Å². The van der Waals surface area contributed by atoms with Crippen LogP contribution in [0.2, 0.25) is 0 Å². The minimum atomic E-state index is 0.0216. The van der Waals surface area contributed by atoms with Gasteiger partial charge in [-0.15, -0.1) is 11.3 Å². The van der Waals surface area contributed by atoms with Crippen LogP contribution in [-0.2, 0) is 17.8 Å². The lowest BCUT2D eigenvalue weighted by atomic mass is 10.1. The average molecular weight is 305 g/mol. The van der Waals surface area contributed by atoms with Gasteiger partial charge in [0.2, 0.25) is 0 Å². The zero-order valence-electron chi connectivity index (χ0n) is 12.1. The summed E-state index contributed by atoms with van der Waals surface area (Å²) in [5, 5.41) is 1.82. The molecule has 5 nitrogen and oxygen atoms in total. The molecule has 0 bridgehead atoms. The second-order valence-electron chi connectivity index (χ2n) is 5.36. The zero-order chi connectivity index (χ0) is 14.7. The van der Waals surface area contributed by atoms with Crippen LogP contribution < -0.4 is 0 Å². The van der Waals surface area contributed by atoms with Crippen LogP contribution in [0.15, 0.2) is 29.2 Å². The van der Waals surface area contributed by atoms with E-state index in [9.17, 15) is 4.79 Å². The van der Waals surface area contributed by atoms with E-state index in [1.807, 2.05) is 16.3 Å². The van der Waals surface area contributed by atoms with Crippen molar-refractivity contribution >= 4 is 17.2 Å². The van der Waals surface area contributed by atoms with Crippen molar-refractivity contribution in [1.82, 2.24) is 14.5 Å². The highest BCUT2D eigenvalue weighted by Crippen LogP contribution is 2.21. The Balaban J connectivity index is 1.81. The molecule has 0 aromatic carbocycles. The molecule has 21 heavy (non-hydrogen) atoms. The summed E-state index contributed by atoms with van der Waals surface area (Å²) < 4.78 is 7.44. The summed E-state index contributed by atoms with van der Waals surface area (Å²) in [4.78, 5) is 18.7. The van der Waals surface area contributed by atoms with E-state index >= 15 is 0 Å². The van der Waals surface area contributed by atoms with Gasteiger partial charge in [0.05, 0.1) is 12.1 Å². The zero-order valence-corrected chi connectivity index (χ0v) is 12.9. The summed E-state index contributed by atoms with van der Waals surface area (Å²) in [5.41, 5.74) is 3.43. The van der Waals surface area contributed by atoms with Crippen molar-refractivity contribution in [1.29, 1.82) is 0 Å². The van der Waals surface area contributed by atoms with E-state index < -0.39 is 0 Å². The van der Waals surface area contributed by atoms with Crippen molar-refractivity contribution in [2.24, 2.45) is 5.92 Å². The fourth-order valence-electron chi connectivity index (χ4n) is 2.78. The Bertz CT molecular complexity index is 594. The molecule has 0 fully saturated rings. The molecular weight excluding hydrogens is 286 g/mol. The lowest BCUT2D eigenvalue weighted by Gasteiger charge is -2.23. The smallest absolute Gasteiger partial charge is 0.273 e. The van der Waals surface area contributed by atoms with Crippen LogP contribution in [0, 0.1) is 5.92 Å². The van der Waals surface area contributed by atoms with Gasteiger partial charge in [-0.3, -0.25) is 4.79 Å². The van der Waals surface area contributed by atoms with Crippen LogP contribution >= 0.6 is 11.3 Å². The number of amides is 1. The maximum absolute atomic E-state index is 12.6. The number of thiazole rings is 1. The Morgan fingerprint density at radius 2 is 2.43 bits per heavy atom. The van der Waals surface area contributed by atoms with Gasteiger partial charge in [0, 0.05) is 44.1 Å². The summed E-state index contributed by atoms with van der Waals surface area (Å²) in [7, 11) is 1.72. The van der Waals surface area contributed by atoms with Crippen LogP contribution in [-0.4, -0.2) is 40.6 Å². The van der Waals surface area contributed by atoms with Crippen molar-refractivity contribution in [3.8, 4) is 0 Å². The number of carbonyl (C=O) groups excluding carboxylic acids is 1. The SMILES string of the molecule is COCC[C@@H]1CN(C(=O)c2cscn2)Cc2cccn2C1. The van der Waals surface area contributed by atoms with Gasteiger partial charge in [-0.2, -0.15) is 0 Å². The monoisotopic (exact) mass is 305 g/mol. The Morgan fingerprint density at radius 3 is 3.19 bits per heavy atom. The van der Waals surface area contributed by atoms with E-state index in [1.54, 1.807) is 12.6 Å². The van der Waals surface area contributed by atoms with Gasteiger partial charge in [0.15, 0.2) is 0 Å². The number of hydrogen-bond acceptors (Lipinski definition) is 4. The lowest BCUT2D eigenvalue weighted by molar-refractivity contribution is 0.0700. The van der Waals surface area contributed by atoms with Crippen molar-refractivity contribution < 1.29 is 9.53 Å². The highest BCUT2D eigenvalue weighted by atomic mass is 32.1. The number of ether oxygens (including phenoxy) is 1. The largest absolute Gasteiger partial charge is 0.385 e. The highest BCUT2D eigenvalue weighted by molar-refractivity contribution is 7.07. The van der Waals surface area contributed by atoms with Gasteiger partial charge in [0.1, 0.15) is 5.69 Å². The third-order valence-electron chi connectivity index (χ3n) is 3.88. The summed E-state index contributed by atoms with van der Waals surface area (Å²) in [6.07, 6.45) is 3.04. The van der Waals surface area contributed by atoms with Gasteiger partial charge >= 0.3 is 0 Å². The van der Waals surface area contributed by atoms with E-state index in [1.165, 1.54) is 17.0 Å². The first-order chi connectivity index (χ1) is 10.3. The molecule has 0 unspecified atom stereocenters. The maximum atomic E-state index is 12.6. The van der Waals surface area contributed by atoms with Crippen molar-refractivity contribution in [2.75, 3.05) is 20.3 Å². The lowest BCUT2D eigenvalue weighted by Crippen LogP contribution is -2.34. The molecule has 6 heteroatoms. The predicted molar refractivity (Wildman–Crippen MR) is 81.3 cm³/mol. The molecule has 1 aliphatic rings. The molecule has 0 saturated carbocycles. The Morgan fingerprint density at radius 1 is 1.52 bits per heavy atom. The molecule has 0 aliphatic carbocycles. The van der Waals surface area contributed by atoms with Crippen LogP contribution in [0.4, 0.5) is 0 Å².